The predicted octanol–water partition coefficient (Wildman–Crippen LogP) is 3.70. The maximum absolute atomic E-state index is 13.0. The van der Waals surface area contributed by atoms with Gasteiger partial charge < -0.3 is 10.1 Å². The molecule has 2 aromatic rings. The van der Waals surface area contributed by atoms with Crippen molar-refractivity contribution in [2.75, 3.05) is 19.7 Å². The summed E-state index contributed by atoms with van der Waals surface area (Å²) in [6.07, 6.45) is 4.57. The van der Waals surface area contributed by atoms with E-state index in [1.165, 1.54) is 22.0 Å². The Morgan fingerprint density at radius 3 is 2.70 bits per heavy atom. The van der Waals surface area contributed by atoms with Crippen LogP contribution in [-0.2, 0) is 21.2 Å². The summed E-state index contributed by atoms with van der Waals surface area (Å²) in [7, 11) is -3.71. The Labute approximate surface area is 182 Å². The number of hydrogen-bond donors (Lipinski definition) is 1. The number of sulfonamides is 1. The Morgan fingerprint density at radius 2 is 1.90 bits per heavy atom. The van der Waals surface area contributed by atoms with Gasteiger partial charge in [0.2, 0.25) is 10.0 Å². The first-order valence-corrected chi connectivity index (χ1v) is 12.1. The summed E-state index contributed by atoms with van der Waals surface area (Å²) in [4.78, 5) is 12.6. The molecule has 0 aromatic heterocycles. The molecule has 160 valence electrons. The van der Waals surface area contributed by atoms with Crippen LogP contribution in [0.5, 0.6) is 5.75 Å². The number of fused-ring (bicyclic) bond motifs is 1. The minimum absolute atomic E-state index is 0.00714. The minimum atomic E-state index is -3.71. The zero-order chi connectivity index (χ0) is 21.1. The fraction of sp³-hybridized carbons (Fsp3) is 0.409. The lowest BCUT2D eigenvalue weighted by molar-refractivity contribution is -0.124. The molecule has 0 bridgehead atoms. The third kappa shape index (κ3) is 4.48. The van der Waals surface area contributed by atoms with Crippen LogP contribution in [0.15, 0.2) is 47.4 Å². The van der Waals surface area contributed by atoms with E-state index in [0.29, 0.717) is 18.1 Å². The quantitative estimate of drug-likeness (QED) is 0.731. The minimum Gasteiger partial charge on any atom is -0.482 e. The van der Waals surface area contributed by atoms with Gasteiger partial charge in [0.25, 0.3) is 5.91 Å². The van der Waals surface area contributed by atoms with Crippen LogP contribution >= 0.6 is 11.6 Å². The van der Waals surface area contributed by atoms with Gasteiger partial charge >= 0.3 is 0 Å². The van der Waals surface area contributed by atoms with Crippen LogP contribution in [0.3, 0.4) is 0 Å². The Balaban J connectivity index is 1.46. The molecule has 1 heterocycles. The second-order valence-corrected chi connectivity index (χ2v) is 10.0. The molecule has 0 saturated carbocycles. The molecule has 6 nitrogen and oxygen atoms in total. The van der Waals surface area contributed by atoms with Gasteiger partial charge in [0.15, 0.2) is 6.61 Å². The van der Waals surface area contributed by atoms with Crippen LogP contribution in [0.2, 0.25) is 5.02 Å². The summed E-state index contributed by atoms with van der Waals surface area (Å²) < 4.78 is 33.1. The molecule has 0 radical (unpaired) electrons. The standard InChI is InChI=1S/C22H25ClN2O4S/c23-17-10-11-20(21(14-17)30(27,28)25-12-3-4-13-25)29-15-22(26)24-19-9-5-7-16-6-1-2-8-18(16)19/h1-2,6,8,10-11,14,19H,3-5,7,9,12-13,15H2,(H,24,26)/t19-/m1/s1. The van der Waals surface area contributed by atoms with Crippen LogP contribution in [0, 0.1) is 0 Å². The van der Waals surface area contributed by atoms with E-state index in [0.717, 1.165) is 37.7 Å². The number of halogens is 1. The second kappa shape index (κ2) is 8.96. The Kier molecular flexibility index (Phi) is 6.32. The maximum Gasteiger partial charge on any atom is 0.258 e. The fourth-order valence-electron chi connectivity index (χ4n) is 4.15. The van der Waals surface area contributed by atoms with Crippen molar-refractivity contribution in [2.24, 2.45) is 0 Å². The van der Waals surface area contributed by atoms with E-state index in [1.807, 2.05) is 18.2 Å². The number of rotatable bonds is 6. The first-order chi connectivity index (χ1) is 14.4. The summed E-state index contributed by atoms with van der Waals surface area (Å²) in [5.74, 6) is -0.137. The number of carbonyl (C=O) groups excluding carboxylic acids is 1. The van der Waals surface area contributed by atoms with Gasteiger partial charge in [-0.15, -0.1) is 0 Å². The lowest BCUT2D eigenvalue weighted by atomic mass is 9.88. The highest BCUT2D eigenvalue weighted by atomic mass is 35.5. The van der Waals surface area contributed by atoms with E-state index in [9.17, 15) is 13.2 Å². The van der Waals surface area contributed by atoms with Crippen LogP contribution in [0.1, 0.15) is 42.9 Å². The number of ether oxygens (including phenoxy) is 1. The average molecular weight is 449 g/mol. The molecule has 1 aliphatic heterocycles. The van der Waals surface area contributed by atoms with E-state index in [2.05, 4.69) is 11.4 Å². The molecule has 8 heteroatoms. The first-order valence-electron chi connectivity index (χ1n) is 10.2. The third-order valence-corrected chi connectivity index (χ3v) is 7.81. The van der Waals surface area contributed by atoms with Crippen molar-refractivity contribution in [2.45, 2.75) is 43.0 Å². The van der Waals surface area contributed by atoms with Gasteiger partial charge in [0, 0.05) is 18.1 Å². The zero-order valence-corrected chi connectivity index (χ0v) is 18.2. The second-order valence-electron chi connectivity index (χ2n) is 7.70. The summed E-state index contributed by atoms with van der Waals surface area (Å²) in [5, 5.41) is 3.33. The SMILES string of the molecule is O=C(COc1ccc(Cl)cc1S(=O)(=O)N1CCCC1)N[C@@H]1CCCc2ccccc21. The van der Waals surface area contributed by atoms with Gasteiger partial charge in [-0.2, -0.15) is 4.31 Å². The summed E-state index contributed by atoms with van der Waals surface area (Å²) in [5.41, 5.74) is 2.40. The summed E-state index contributed by atoms with van der Waals surface area (Å²) in [6, 6.07) is 12.5. The highest BCUT2D eigenvalue weighted by molar-refractivity contribution is 7.89. The van der Waals surface area contributed by atoms with Crippen LogP contribution in [-0.4, -0.2) is 38.3 Å². The molecular formula is C22H25ClN2O4S. The van der Waals surface area contributed by atoms with Crippen LogP contribution in [0.25, 0.3) is 0 Å². The first kappa shape index (κ1) is 21.2. The topological polar surface area (TPSA) is 75.7 Å². The number of benzene rings is 2. The lowest BCUT2D eigenvalue weighted by Crippen LogP contribution is -2.34. The number of nitrogens with one attached hydrogen (secondary N) is 1. The molecule has 2 aromatic carbocycles. The van der Waals surface area contributed by atoms with Gasteiger partial charge in [-0.25, -0.2) is 8.42 Å². The van der Waals surface area contributed by atoms with Gasteiger partial charge in [-0.05, 0) is 61.4 Å². The van der Waals surface area contributed by atoms with Gasteiger partial charge in [0.05, 0.1) is 6.04 Å². The van der Waals surface area contributed by atoms with Crippen molar-refractivity contribution in [3.05, 3.63) is 58.6 Å². The van der Waals surface area contributed by atoms with E-state index in [4.69, 9.17) is 16.3 Å². The van der Waals surface area contributed by atoms with E-state index in [-0.39, 0.29) is 29.2 Å². The van der Waals surface area contributed by atoms with Crippen molar-refractivity contribution in [1.29, 1.82) is 0 Å². The number of hydrogen-bond acceptors (Lipinski definition) is 4. The Bertz CT molecular complexity index is 1040. The van der Waals surface area contributed by atoms with E-state index < -0.39 is 10.0 Å². The predicted molar refractivity (Wildman–Crippen MR) is 115 cm³/mol. The molecule has 0 unspecified atom stereocenters. The van der Waals surface area contributed by atoms with Crippen LogP contribution < -0.4 is 10.1 Å². The molecule has 0 spiro atoms. The highest BCUT2D eigenvalue weighted by Gasteiger charge is 2.30. The van der Waals surface area contributed by atoms with Crippen molar-refractivity contribution < 1.29 is 17.9 Å². The lowest BCUT2D eigenvalue weighted by Gasteiger charge is -2.26. The Morgan fingerprint density at radius 1 is 1.13 bits per heavy atom. The van der Waals surface area contributed by atoms with Crippen LogP contribution in [0.4, 0.5) is 0 Å². The van der Waals surface area contributed by atoms with Crippen molar-refractivity contribution >= 4 is 27.5 Å². The van der Waals surface area contributed by atoms with E-state index >= 15 is 0 Å². The molecule has 1 amide bonds. The van der Waals surface area contributed by atoms with E-state index in [1.54, 1.807) is 6.07 Å². The van der Waals surface area contributed by atoms with Gasteiger partial charge in [0.1, 0.15) is 10.6 Å². The van der Waals surface area contributed by atoms with Crippen molar-refractivity contribution in [3.8, 4) is 5.75 Å². The maximum atomic E-state index is 13.0. The molecule has 1 atom stereocenters. The number of carbonyl (C=O) groups is 1. The normalized spacial score (nSPS) is 19.3. The molecule has 30 heavy (non-hydrogen) atoms. The largest absolute Gasteiger partial charge is 0.482 e. The highest BCUT2D eigenvalue weighted by Crippen LogP contribution is 2.32. The monoisotopic (exact) mass is 448 g/mol. The number of nitrogens with zero attached hydrogens (tertiary/aromatic N) is 1. The van der Waals surface area contributed by atoms with Crippen molar-refractivity contribution in [3.63, 3.8) is 0 Å². The third-order valence-electron chi connectivity index (χ3n) is 5.65. The number of aryl methyl sites for hydroxylation is 1. The Hall–Kier alpha value is -2.09. The number of amides is 1. The fourth-order valence-corrected chi connectivity index (χ4v) is 6.06. The molecule has 1 fully saturated rings. The smallest absolute Gasteiger partial charge is 0.258 e. The molecule has 1 aliphatic carbocycles. The molecule has 1 N–H and O–H groups in total. The molecule has 4 rings (SSSR count). The molecule has 2 aliphatic rings. The summed E-state index contributed by atoms with van der Waals surface area (Å²) in [6.45, 7) is 0.703. The summed E-state index contributed by atoms with van der Waals surface area (Å²) >= 11 is 6.05. The van der Waals surface area contributed by atoms with Gasteiger partial charge in [-0.3, -0.25) is 4.79 Å². The van der Waals surface area contributed by atoms with Gasteiger partial charge in [-0.1, -0.05) is 35.9 Å². The molecule has 1 saturated heterocycles. The average Bonchev–Trinajstić information content (AvgIpc) is 3.29. The zero-order valence-electron chi connectivity index (χ0n) is 16.6. The van der Waals surface area contributed by atoms with Crippen molar-refractivity contribution in [1.82, 2.24) is 9.62 Å². The molecular weight excluding hydrogens is 424 g/mol.